The highest BCUT2D eigenvalue weighted by Crippen LogP contribution is 2.29. The summed E-state index contributed by atoms with van der Waals surface area (Å²) in [5, 5.41) is 14.7. The summed E-state index contributed by atoms with van der Waals surface area (Å²) in [5.74, 6) is -0.526. The van der Waals surface area contributed by atoms with Gasteiger partial charge in [-0.2, -0.15) is 0 Å². The number of oxazole rings is 1. The third-order valence-electron chi connectivity index (χ3n) is 4.22. The van der Waals surface area contributed by atoms with E-state index in [2.05, 4.69) is 31.5 Å². The van der Waals surface area contributed by atoms with Crippen molar-refractivity contribution in [2.75, 3.05) is 5.32 Å². The first-order valence-corrected chi connectivity index (χ1v) is 8.58. The van der Waals surface area contributed by atoms with Crippen LogP contribution in [0, 0.1) is 12.8 Å². The van der Waals surface area contributed by atoms with Gasteiger partial charge in [0.15, 0.2) is 11.5 Å². The van der Waals surface area contributed by atoms with Crippen LogP contribution in [-0.2, 0) is 4.79 Å². The molecule has 2 amide bonds. The molecule has 0 atom stereocenters. The number of aryl methyl sites for hydroxylation is 1. The highest BCUT2D eigenvalue weighted by atomic mass is 79.9. The Balaban J connectivity index is 1.64. The second-order valence-electron chi connectivity index (χ2n) is 6.02. The molecule has 0 aliphatic heterocycles. The second kappa shape index (κ2) is 6.80. The molecule has 0 spiro atoms. The molecule has 1 fully saturated rings. The van der Waals surface area contributed by atoms with E-state index in [1.54, 1.807) is 13.0 Å². The summed E-state index contributed by atoms with van der Waals surface area (Å²) in [5.41, 5.74) is 1.73. The molecule has 3 N–H and O–H groups in total. The van der Waals surface area contributed by atoms with E-state index in [1.165, 1.54) is 0 Å². The average molecular weight is 396 g/mol. The number of nitrogens with one attached hydrogen (secondary N) is 2. The molecule has 8 heteroatoms. The number of carbonyl (C=O) groups excluding carboxylic acids is 1. The molecular formula is C16H18BrN3O4. The standard InChI is InChI=1S/C16H18BrN3O4/c1-8-18-12-6-10(17)7-13(14(12)24-8)20-16(23)19-11-4-2-9(3-5-11)15(21)22/h6-7,9,11H,2-5H2,1H3,(H,21,22)(H2,19,20,23). The van der Waals surface area contributed by atoms with Crippen LogP contribution in [0.3, 0.4) is 0 Å². The van der Waals surface area contributed by atoms with Crippen LogP contribution in [0.4, 0.5) is 10.5 Å². The number of rotatable bonds is 3. The predicted octanol–water partition coefficient (Wildman–Crippen LogP) is 3.66. The van der Waals surface area contributed by atoms with Gasteiger partial charge in [0.1, 0.15) is 5.52 Å². The number of urea groups is 1. The molecule has 24 heavy (non-hydrogen) atoms. The summed E-state index contributed by atoms with van der Waals surface area (Å²) >= 11 is 3.39. The van der Waals surface area contributed by atoms with Gasteiger partial charge in [-0.1, -0.05) is 15.9 Å². The van der Waals surface area contributed by atoms with Crippen LogP contribution in [0.15, 0.2) is 21.0 Å². The Labute approximate surface area is 146 Å². The Morgan fingerprint density at radius 3 is 2.67 bits per heavy atom. The highest BCUT2D eigenvalue weighted by Gasteiger charge is 2.26. The molecule has 0 saturated heterocycles. The summed E-state index contributed by atoms with van der Waals surface area (Å²) in [7, 11) is 0. The number of aromatic nitrogens is 1. The van der Waals surface area contributed by atoms with Crippen molar-refractivity contribution in [3.63, 3.8) is 0 Å². The van der Waals surface area contributed by atoms with E-state index in [1.807, 2.05) is 6.07 Å². The molecule has 1 aliphatic rings. The molecule has 1 heterocycles. The van der Waals surface area contributed by atoms with Crippen molar-refractivity contribution in [1.29, 1.82) is 0 Å². The maximum atomic E-state index is 12.2. The van der Waals surface area contributed by atoms with Gasteiger partial charge >= 0.3 is 12.0 Å². The minimum absolute atomic E-state index is 0.0142. The summed E-state index contributed by atoms with van der Waals surface area (Å²) in [6.07, 6.45) is 2.50. The number of aliphatic carboxylic acids is 1. The van der Waals surface area contributed by atoms with Crippen LogP contribution in [-0.4, -0.2) is 28.1 Å². The smallest absolute Gasteiger partial charge is 0.319 e. The average Bonchev–Trinajstić information content (AvgIpc) is 2.88. The van der Waals surface area contributed by atoms with Gasteiger partial charge in [-0.3, -0.25) is 4.79 Å². The molecule has 3 rings (SSSR count). The molecule has 128 valence electrons. The van der Waals surface area contributed by atoms with Crippen molar-refractivity contribution in [2.24, 2.45) is 5.92 Å². The van der Waals surface area contributed by atoms with E-state index >= 15 is 0 Å². The predicted molar refractivity (Wildman–Crippen MR) is 92.0 cm³/mol. The number of halogens is 1. The molecule has 1 saturated carbocycles. The number of amides is 2. The summed E-state index contributed by atoms with van der Waals surface area (Å²) < 4.78 is 6.34. The molecule has 1 aromatic heterocycles. The number of hydrogen-bond donors (Lipinski definition) is 3. The van der Waals surface area contributed by atoms with Crippen molar-refractivity contribution in [3.8, 4) is 0 Å². The topological polar surface area (TPSA) is 104 Å². The third-order valence-corrected chi connectivity index (χ3v) is 4.68. The molecule has 7 nitrogen and oxygen atoms in total. The minimum atomic E-state index is -0.755. The zero-order valence-corrected chi connectivity index (χ0v) is 14.7. The number of benzene rings is 1. The van der Waals surface area contributed by atoms with Gasteiger partial charge in [-0.15, -0.1) is 0 Å². The van der Waals surface area contributed by atoms with Gasteiger partial charge in [-0.05, 0) is 37.8 Å². The summed E-state index contributed by atoms with van der Waals surface area (Å²) in [6, 6.07) is 3.23. The molecule has 0 unspecified atom stereocenters. The van der Waals surface area contributed by atoms with Crippen LogP contribution in [0.5, 0.6) is 0 Å². The summed E-state index contributed by atoms with van der Waals surface area (Å²) in [6.45, 7) is 1.75. The van der Waals surface area contributed by atoms with Gasteiger partial charge in [0.2, 0.25) is 0 Å². The third kappa shape index (κ3) is 3.69. The zero-order chi connectivity index (χ0) is 17.3. The normalized spacial score (nSPS) is 20.8. The van der Waals surface area contributed by atoms with Crippen molar-refractivity contribution in [3.05, 3.63) is 22.5 Å². The highest BCUT2D eigenvalue weighted by molar-refractivity contribution is 9.10. The van der Waals surface area contributed by atoms with Crippen LogP contribution in [0.25, 0.3) is 11.1 Å². The van der Waals surface area contributed by atoms with Crippen LogP contribution >= 0.6 is 15.9 Å². The molecule has 1 aromatic carbocycles. The van der Waals surface area contributed by atoms with Crippen molar-refractivity contribution < 1.29 is 19.1 Å². The van der Waals surface area contributed by atoms with Crippen LogP contribution in [0.1, 0.15) is 31.6 Å². The SMILES string of the molecule is Cc1nc2cc(Br)cc(NC(=O)NC3CCC(C(=O)O)CC3)c2o1. The fourth-order valence-corrected chi connectivity index (χ4v) is 3.48. The lowest BCUT2D eigenvalue weighted by atomic mass is 9.86. The molecule has 0 radical (unpaired) electrons. The lowest BCUT2D eigenvalue weighted by Gasteiger charge is -2.26. The Hall–Kier alpha value is -2.09. The van der Waals surface area contributed by atoms with Gasteiger partial charge < -0.3 is 20.2 Å². The molecule has 0 bridgehead atoms. The van der Waals surface area contributed by atoms with Gasteiger partial charge in [0.05, 0.1) is 11.6 Å². The second-order valence-corrected chi connectivity index (χ2v) is 6.94. The van der Waals surface area contributed by atoms with Crippen molar-refractivity contribution >= 4 is 44.7 Å². The maximum Gasteiger partial charge on any atom is 0.319 e. The summed E-state index contributed by atoms with van der Waals surface area (Å²) in [4.78, 5) is 27.5. The van der Waals surface area contributed by atoms with E-state index in [-0.39, 0.29) is 18.0 Å². The largest absolute Gasteiger partial charge is 0.481 e. The first-order valence-electron chi connectivity index (χ1n) is 7.79. The van der Waals surface area contributed by atoms with E-state index < -0.39 is 5.97 Å². The van der Waals surface area contributed by atoms with E-state index in [9.17, 15) is 9.59 Å². The fourth-order valence-electron chi connectivity index (χ4n) is 3.03. The van der Waals surface area contributed by atoms with Crippen molar-refractivity contribution in [2.45, 2.75) is 38.6 Å². The minimum Gasteiger partial charge on any atom is -0.481 e. The van der Waals surface area contributed by atoms with E-state index in [0.29, 0.717) is 48.4 Å². The number of hydrogen-bond acceptors (Lipinski definition) is 4. The quantitative estimate of drug-likeness (QED) is 0.735. The van der Waals surface area contributed by atoms with E-state index in [4.69, 9.17) is 9.52 Å². The van der Waals surface area contributed by atoms with Gasteiger partial charge in [0.25, 0.3) is 0 Å². The molecule has 1 aliphatic carbocycles. The number of nitrogens with zero attached hydrogens (tertiary/aromatic N) is 1. The lowest BCUT2D eigenvalue weighted by Crippen LogP contribution is -2.41. The molecule has 2 aromatic rings. The molecular weight excluding hydrogens is 378 g/mol. The Morgan fingerprint density at radius 1 is 1.29 bits per heavy atom. The first kappa shape index (κ1) is 16.8. The Kier molecular flexibility index (Phi) is 4.75. The first-order chi connectivity index (χ1) is 11.4. The lowest BCUT2D eigenvalue weighted by molar-refractivity contribution is -0.142. The number of carbonyl (C=O) groups is 2. The zero-order valence-electron chi connectivity index (χ0n) is 13.1. The fraction of sp³-hybridized carbons (Fsp3) is 0.438. The van der Waals surface area contributed by atoms with Gasteiger partial charge in [-0.25, -0.2) is 9.78 Å². The van der Waals surface area contributed by atoms with Gasteiger partial charge in [0, 0.05) is 17.4 Å². The number of fused-ring (bicyclic) bond motifs is 1. The van der Waals surface area contributed by atoms with Crippen LogP contribution < -0.4 is 10.6 Å². The number of carboxylic acids is 1. The van der Waals surface area contributed by atoms with Crippen molar-refractivity contribution in [1.82, 2.24) is 10.3 Å². The Bertz CT molecular complexity index is 781. The van der Waals surface area contributed by atoms with Crippen LogP contribution in [0.2, 0.25) is 0 Å². The van der Waals surface area contributed by atoms with E-state index in [0.717, 1.165) is 4.47 Å². The Morgan fingerprint density at radius 2 is 2.00 bits per heavy atom. The number of carboxylic acid groups (broad SMARTS) is 1. The maximum absolute atomic E-state index is 12.2. The number of anilines is 1. The monoisotopic (exact) mass is 395 g/mol.